The van der Waals surface area contributed by atoms with Gasteiger partial charge in [-0.15, -0.1) is 0 Å². The lowest BCUT2D eigenvalue weighted by atomic mass is 9.82. The number of nitrogens with two attached hydrogens (primary N) is 1. The third-order valence-electron chi connectivity index (χ3n) is 10.1. The zero-order valence-corrected chi connectivity index (χ0v) is 30.3. The number of hydrogen-bond acceptors (Lipinski definition) is 6. The van der Waals surface area contributed by atoms with Crippen molar-refractivity contribution in [1.82, 2.24) is 15.1 Å². The quantitative estimate of drug-likeness (QED) is 0.188. The third kappa shape index (κ3) is 8.93. The van der Waals surface area contributed by atoms with E-state index in [2.05, 4.69) is 5.32 Å². The number of rotatable bonds is 15. The molecule has 0 aromatic heterocycles. The predicted octanol–water partition coefficient (Wildman–Crippen LogP) is 5.91. The Kier molecular flexibility index (Phi) is 11.8. The van der Waals surface area contributed by atoms with Gasteiger partial charge in [0.1, 0.15) is 24.7 Å². The lowest BCUT2D eigenvalue weighted by Gasteiger charge is -2.45. The average Bonchev–Trinajstić information content (AvgIpc) is 3.96. The molecule has 1 saturated carbocycles. The number of hydrogen-bond donors (Lipinski definition) is 2. The van der Waals surface area contributed by atoms with Crippen LogP contribution in [0.3, 0.4) is 0 Å². The summed E-state index contributed by atoms with van der Waals surface area (Å²) < 4.78 is 40.4. The van der Waals surface area contributed by atoms with Crippen LogP contribution in [0.5, 0.6) is 11.5 Å². The van der Waals surface area contributed by atoms with E-state index in [9.17, 15) is 23.2 Å². The standard InChI is InChI=1S/C40H45ClF2N4O5/c1-24-19-32(41)35(20-25(24)2)52-18-17-51-30-13-9-26(10-14-30)31-21-28-22-46(37(49)8-4-7-36(44)48)23-34(45-28)38(31)40(50)47(29-11-12-29)16-15-27-5-3-6-33(42)39(27)43/h3,5-6,9-10,13-14,19-20,28-29,34,45H,4,7-8,11-12,15-18,21-23H2,1-2H3,(H2,44,48). The van der Waals surface area contributed by atoms with E-state index in [1.165, 1.54) is 6.07 Å². The second-order valence-electron chi connectivity index (χ2n) is 13.9. The van der Waals surface area contributed by atoms with Crippen LogP contribution in [0.25, 0.3) is 5.57 Å². The van der Waals surface area contributed by atoms with Crippen molar-refractivity contribution in [2.45, 2.75) is 76.9 Å². The lowest BCUT2D eigenvalue weighted by Crippen LogP contribution is -2.62. The van der Waals surface area contributed by atoms with Gasteiger partial charge in [0, 0.05) is 50.1 Å². The van der Waals surface area contributed by atoms with Gasteiger partial charge in [0.2, 0.25) is 11.8 Å². The summed E-state index contributed by atoms with van der Waals surface area (Å²) >= 11 is 6.34. The monoisotopic (exact) mass is 734 g/mol. The Morgan fingerprint density at radius 3 is 2.44 bits per heavy atom. The number of piperazine rings is 1. The van der Waals surface area contributed by atoms with Crippen LogP contribution in [0, 0.1) is 25.5 Å². The molecule has 2 unspecified atom stereocenters. The van der Waals surface area contributed by atoms with Gasteiger partial charge < -0.3 is 30.3 Å². The Bertz CT molecular complexity index is 1850. The number of halogens is 3. The maximum Gasteiger partial charge on any atom is 0.252 e. The molecule has 2 aliphatic heterocycles. The van der Waals surface area contributed by atoms with Gasteiger partial charge >= 0.3 is 0 Å². The van der Waals surface area contributed by atoms with Gasteiger partial charge in [-0.1, -0.05) is 35.9 Å². The molecule has 3 aromatic rings. The van der Waals surface area contributed by atoms with Crippen LogP contribution in [-0.4, -0.2) is 78.5 Å². The molecule has 3 amide bonds. The highest BCUT2D eigenvalue weighted by atomic mass is 35.5. The molecule has 6 rings (SSSR count). The minimum atomic E-state index is -0.914. The number of amides is 3. The van der Waals surface area contributed by atoms with E-state index >= 15 is 0 Å². The molecule has 3 aliphatic rings. The van der Waals surface area contributed by atoms with Gasteiger partial charge in [-0.2, -0.15) is 0 Å². The average molecular weight is 735 g/mol. The number of primary amides is 1. The first-order valence-electron chi connectivity index (χ1n) is 17.9. The normalized spacial score (nSPS) is 18.3. The zero-order valence-electron chi connectivity index (χ0n) is 29.6. The Balaban J connectivity index is 1.21. The van der Waals surface area contributed by atoms with Crippen LogP contribution in [0.4, 0.5) is 8.78 Å². The highest BCUT2D eigenvalue weighted by molar-refractivity contribution is 6.32. The van der Waals surface area contributed by atoms with Crippen LogP contribution in [0.15, 0.2) is 60.2 Å². The summed E-state index contributed by atoms with van der Waals surface area (Å²) in [5, 5.41) is 4.14. The molecular formula is C40H45ClF2N4O5. The molecule has 12 heteroatoms. The summed E-state index contributed by atoms with van der Waals surface area (Å²) in [7, 11) is 0. The molecule has 2 heterocycles. The number of carbonyl (C=O) groups excluding carboxylic acids is 3. The Morgan fingerprint density at radius 1 is 0.981 bits per heavy atom. The molecule has 3 aromatic carbocycles. The smallest absolute Gasteiger partial charge is 0.252 e. The van der Waals surface area contributed by atoms with Crippen molar-refractivity contribution in [3.05, 3.63) is 99.1 Å². The molecule has 0 spiro atoms. The lowest BCUT2D eigenvalue weighted by molar-refractivity contribution is -0.134. The first kappa shape index (κ1) is 37.3. The van der Waals surface area contributed by atoms with Crippen molar-refractivity contribution in [2.75, 3.05) is 32.8 Å². The van der Waals surface area contributed by atoms with Crippen molar-refractivity contribution in [3.63, 3.8) is 0 Å². The van der Waals surface area contributed by atoms with Crippen molar-refractivity contribution >= 4 is 34.9 Å². The highest BCUT2D eigenvalue weighted by Gasteiger charge is 2.43. The van der Waals surface area contributed by atoms with Crippen LogP contribution in [0.2, 0.25) is 5.02 Å². The fourth-order valence-corrected chi connectivity index (χ4v) is 7.32. The molecule has 3 N–H and O–H groups in total. The Hall–Kier alpha value is -4.48. The largest absolute Gasteiger partial charge is 0.490 e. The summed E-state index contributed by atoms with van der Waals surface area (Å²) in [6.45, 7) is 5.59. The van der Waals surface area contributed by atoms with Gasteiger partial charge in [0.25, 0.3) is 5.91 Å². The SMILES string of the molecule is Cc1cc(Cl)c(OCCOc2ccc(C3=C(C(=O)N(CCc4cccc(F)c4F)C4CC4)C4CN(C(=O)CCCC(N)=O)CC(C3)N4)cc2)cc1C. The maximum atomic E-state index is 14.6. The number of ether oxygens (including phenoxy) is 2. The second-order valence-corrected chi connectivity index (χ2v) is 14.3. The molecular weight excluding hydrogens is 690 g/mol. The minimum absolute atomic E-state index is 0.00224. The Labute approximate surface area is 308 Å². The van der Waals surface area contributed by atoms with Crippen molar-refractivity contribution < 1.29 is 32.6 Å². The molecule has 2 fully saturated rings. The molecule has 276 valence electrons. The minimum Gasteiger partial charge on any atom is -0.490 e. The molecule has 1 saturated heterocycles. The van der Waals surface area contributed by atoms with E-state index in [1.54, 1.807) is 15.9 Å². The summed E-state index contributed by atoms with van der Waals surface area (Å²) in [6, 6.07) is 15.0. The van der Waals surface area contributed by atoms with E-state index in [0.717, 1.165) is 41.2 Å². The summed E-state index contributed by atoms with van der Waals surface area (Å²) in [6.07, 6.45) is 3.03. The molecule has 52 heavy (non-hydrogen) atoms. The third-order valence-corrected chi connectivity index (χ3v) is 10.4. The van der Waals surface area contributed by atoms with Crippen molar-refractivity contribution in [1.29, 1.82) is 0 Å². The fraction of sp³-hybridized carbons (Fsp3) is 0.425. The number of carbonyl (C=O) groups is 3. The van der Waals surface area contributed by atoms with Gasteiger partial charge in [-0.3, -0.25) is 14.4 Å². The number of nitrogens with one attached hydrogen (secondary N) is 1. The number of fused-ring (bicyclic) bond motifs is 2. The van der Waals surface area contributed by atoms with E-state index < -0.39 is 23.6 Å². The van der Waals surface area contributed by atoms with E-state index in [4.69, 9.17) is 26.8 Å². The number of aryl methyl sites for hydroxylation is 2. The molecule has 9 nitrogen and oxygen atoms in total. The van der Waals surface area contributed by atoms with Gasteiger partial charge in [-0.25, -0.2) is 8.78 Å². The topological polar surface area (TPSA) is 114 Å². The van der Waals surface area contributed by atoms with Crippen LogP contribution < -0.4 is 20.5 Å². The van der Waals surface area contributed by atoms with E-state index in [0.29, 0.717) is 61.2 Å². The van der Waals surface area contributed by atoms with Gasteiger partial charge in [0.05, 0.1) is 11.1 Å². The van der Waals surface area contributed by atoms with Crippen LogP contribution in [0.1, 0.15) is 60.8 Å². The second kappa shape index (κ2) is 16.5. The van der Waals surface area contributed by atoms with Gasteiger partial charge in [0.15, 0.2) is 11.6 Å². The van der Waals surface area contributed by atoms with Gasteiger partial charge in [-0.05, 0) is 104 Å². The van der Waals surface area contributed by atoms with E-state index in [-0.39, 0.29) is 55.3 Å². The van der Waals surface area contributed by atoms with Crippen LogP contribution in [-0.2, 0) is 20.8 Å². The van der Waals surface area contributed by atoms with E-state index in [1.807, 2.05) is 50.2 Å². The maximum absolute atomic E-state index is 14.6. The van der Waals surface area contributed by atoms with Crippen molar-refractivity contribution in [2.24, 2.45) is 5.73 Å². The predicted molar refractivity (Wildman–Crippen MR) is 195 cm³/mol. The molecule has 0 radical (unpaired) electrons. The number of nitrogens with zero attached hydrogens (tertiary/aromatic N) is 2. The summed E-state index contributed by atoms with van der Waals surface area (Å²) in [5.74, 6) is -1.26. The molecule has 2 atom stereocenters. The molecule has 1 aliphatic carbocycles. The van der Waals surface area contributed by atoms with Crippen molar-refractivity contribution in [3.8, 4) is 11.5 Å². The summed E-state index contributed by atoms with van der Waals surface area (Å²) in [4.78, 5) is 42.7. The Morgan fingerprint density at radius 2 is 1.71 bits per heavy atom. The molecule has 2 bridgehead atoms. The highest BCUT2D eigenvalue weighted by Crippen LogP contribution is 2.37. The number of benzene rings is 3. The first-order valence-corrected chi connectivity index (χ1v) is 18.3. The first-order chi connectivity index (χ1) is 25.0. The zero-order chi connectivity index (χ0) is 36.9. The summed E-state index contributed by atoms with van der Waals surface area (Å²) in [5.41, 5.74) is 10.0. The van der Waals surface area contributed by atoms with Crippen LogP contribution >= 0.6 is 11.6 Å². The fourth-order valence-electron chi connectivity index (χ4n) is 7.04.